The molecule has 2 aromatic heterocycles. The molecule has 4 rings (SSSR count). The van der Waals surface area contributed by atoms with E-state index in [-0.39, 0.29) is 0 Å². The quantitative estimate of drug-likeness (QED) is 0.768. The number of rotatable bonds is 5. The lowest BCUT2D eigenvalue weighted by Gasteiger charge is -2.35. The van der Waals surface area contributed by atoms with Crippen molar-refractivity contribution in [3.8, 4) is 5.75 Å². The fourth-order valence-electron chi connectivity index (χ4n) is 3.00. The Morgan fingerprint density at radius 1 is 1.04 bits per heavy atom. The highest BCUT2D eigenvalue weighted by molar-refractivity contribution is 5.86. The minimum atomic E-state index is 0.712. The molecule has 1 aliphatic rings. The van der Waals surface area contributed by atoms with Gasteiger partial charge >= 0.3 is 0 Å². The van der Waals surface area contributed by atoms with E-state index in [0.717, 1.165) is 55.3 Å². The van der Waals surface area contributed by atoms with Crippen molar-refractivity contribution in [3.05, 3.63) is 42.9 Å². The van der Waals surface area contributed by atoms with E-state index in [1.165, 1.54) is 0 Å². The summed E-state index contributed by atoms with van der Waals surface area (Å²) in [5.41, 5.74) is 0.790. The summed E-state index contributed by atoms with van der Waals surface area (Å²) < 4.78 is 5.78. The summed E-state index contributed by atoms with van der Waals surface area (Å²) in [7, 11) is 0. The van der Waals surface area contributed by atoms with Crippen LogP contribution < -0.4 is 9.64 Å². The molecule has 0 spiro atoms. The second kappa shape index (κ2) is 6.84. The fourth-order valence-corrected chi connectivity index (χ4v) is 3.00. The first-order valence-electron chi connectivity index (χ1n) is 8.19. The van der Waals surface area contributed by atoms with E-state index in [9.17, 15) is 0 Å². The number of benzene rings is 1. The molecule has 7 nitrogen and oxygen atoms in total. The number of nitrogens with zero attached hydrogens (tertiary/aromatic N) is 5. The third kappa shape index (κ3) is 3.16. The highest BCUT2D eigenvalue weighted by Gasteiger charge is 2.20. The summed E-state index contributed by atoms with van der Waals surface area (Å²) >= 11 is 0. The molecule has 3 aromatic rings. The summed E-state index contributed by atoms with van der Waals surface area (Å²) in [6.45, 7) is 5.55. The maximum Gasteiger partial charge on any atom is 0.160 e. The number of anilines is 1. The average Bonchev–Trinajstić information content (AvgIpc) is 3.12. The van der Waals surface area contributed by atoms with Gasteiger partial charge in [0.1, 0.15) is 24.5 Å². The van der Waals surface area contributed by atoms with Gasteiger partial charge in [0, 0.05) is 32.7 Å². The van der Waals surface area contributed by atoms with Gasteiger partial charge in [-0.1, -0.05) is 18.2 Å². The van der Waals surface area contributed by atoms with Crippen molar-refractivity contribution in [2.45, 2.75) is 0 Å². The number of piperazine rings is 1. The molecule has 0 atom stereocenters. The lowest BCUT2D eigenvalue weighted by molar-refractivity contribution is 0.200. The largest absolute Gasteiger partial charge is 0.492 e. The molecule has 1 N–H and O–H groups in total. The maximum atomic E-state index is 5.78. The zero-order valence-electron chi connectivity index (χ0n) is 13.4. The van der Waals surface area contributed by atoms with Crippen LogP contribution in [0.5, 0.6) is 5.75 Å². The second-order valence-electron chi connectivity index (χ2n) is 5.82. The predicted molar refractivity (Wildman–Crippen MR) is 92.3 cm³/mol. The summed E-state index contributed by atoms with van der Waals surface area (Å²) in [6, 6.07) is 9.96. The fraction of sp³-hybridized carbons (Fsp3) is 0.353. The number of fused-ring (bicyclic) bond motifs is 1. The van der Waals surface area contributed by atoms with E-state index >= 15 is 0 Å². The van der Waals surface area contributed by atoms with E-state index in [4.69, 9.17) is 4.74 Å². The third-order valence-electron chi connectivity index (χ3n) is 4.32. The van der Waals surface area contributed by atoms with Crippen molar-refractivity contribution >= 4 is 16.9 Å². The molecular formula is C17H20N6O. The molecule has 7 heteroatoms. The van der Waals surface area contributed by atoms with Gasteiger partial charge in [-0.3, -0.25) is 10.00 Å². The van der Waals surface area contributed by atoms with Crippen LogP contribution >= 0.6 is 0 Å². The number of hydrogen-bond donors (Lipinski definition) is 1. The van der Waals surface area contributed by atoms with Crippen molar-refractivity contribution in [1.29, 1.82) is 0 Å². The Balaban J connectivity index is 1.30. The zero-order chi connectivity index (χ0) is 16.2. The van der Waals surface area contributed by atoms with E-state index in [2.05, 4.69) is 30.0 Å². The molecule has 0 radical (unpaired) electrons. The summed E-state index contributed by atoms with van der Waals surface area (Å²) in [4.78, 5) is 13.4. The standard InChI is InChI=1S/C17H20N6O/c1-2-4-14(5-3-1)24-11-10-22-6-8-23(9-7-22)17-15-12-20-21-16(15)18-13-19-17/h1-5,12-13H,6-11H2,(H,18,19,20,21). The first-order chi connectivity index (χ1) is 11.9. The van der Waals surface area contributed by atoms with E-state index in [0.29, 0.717) is 6.61 Å². The van der Waals surface area contributed by atoms with Crippen LogP contribution in [0.1, 0.15) is 0 Å². The Kier molecular flexibility index (Phi) is 4.24. The van der Waals surface area contributed by atoms with E-state index in [1.807, 2.05) is 30.3 Å². The highest BCUT2D eigenvalue weighted by Crippen LogP contribution is 2.22. The normalized spacial score (nSPS) is 15.8. The molecule has 0 saturated carbocycles. The Bertz CT molecular complexity index is 782. The third-order valence-corrected chi connectivity index (χ3v) is 4.32. The molecule has 24 heavy (non-hydrogen) atoms. The SMILES string of the molecule is c1ccc(OCCN2CCN(c3ncnc4[nH]ncc34)CC2)cc1. The Morgan fingerprint density at radius 3 is 2.71 bits per heavy atom. The Hall–Kier alpha value is -2.67. The van der Waals surface area contributed by atoms with Crippen LogP contribution in [-0.4, -0.2) is 64.4 Å². The molecule has 1 saturated heterocycles. The first-order valence-corrected chi connectivity index (χ1v) is 8.19. The van der Waals surface area contributed by atoms with Crippen LogP contribution in [-0.2, 0) is 0 Å². The second-order valence-corrected chi connectivity index (χ2v) is 5.82. The molecule has 3 heterocycles. The molecule has 0 bridgehead atoms. The molecule has 1 aliphatic heterocycles. The van der Waals surface area contributed by atoms with Crippen molar-refractivity contribution in [1.82, 2.24) is 25.1 Å². The Morgan fingerprint density at radius 2 is 1.88 bits per heavy atom. The number of nitrogens with one attached hydrogen (secondary N) is 1. The molecule has 0 unspecified atom stereocenters. The van der Waals surface area contributed by atoms with Crippen LogP contribution in [0.4, 0.5) is 5.82 Å². The van der Waals surface area contributed by atoms with E-state index in [1.54, 1.807) is 12.5 Å². The topological polar surface area (TPSA) is 70.2 Å². The average molecular weight is 324 g/mol. The lowest BCUT2D eigenvalue weighted by Crippen LogP contribution is -2.47. The van der Waals surface area contributed by atoms with Crippen LogP contribution in [0.3, 0.4) is 0 Å². The number of aromatic nitrogens is 4. The molecule has 124 valence electrons. The van der Waals surface area contributed by atoms with Crippen molar-refractivity contribution < 1.29 is 4.74 Å². The smallest absolute Gasteiger partial charge is 0.160 e. The maximum absolute atomic E-state index is 5.78. The number of para-hydroxylation sites is 1. The van der Waals surface area contributed by atoms with Crippen molar-refractivity contribution in [2.24, 2.45) is 0 Å². The van der Waals surface area contributed by atoms with Gasteiger partial charge in [0.05, 0.1) is 11.6 Å². The monoisotopic (exact) mass is 324 g/mol. The molecule has 0 aliphatic carbocycles. The van der Waals surface area contributed by atoms with Gasteiger partial charge in [-0.05, 0) is 12.1 Å². The summed E-state index contributed by atoms with van der Waals surface area (Å²) in [5, 5.41) is 7.94. The summed E-state index contributed by atoms with van der Waals surface area (Å²) in [6.07, 6.45) is 3.39. The van der Waals surface area contributed by atoms with E-state index < -0.39 is 0 Å². The van der Waals surface area contributed by atoms with Gasteiger partial charge in [-0.15, -0.1) is 0 Å². The molecule has 1 fully saturated rings. The minimum Gasteiger partial charge on any atom is -0.492 e. The van der Waals surface area contributed by atoms with Crippen LogP contribution in [0.2, 0.25) is 0 Å². The lowest BCUT2D eigenvalue weighted by atomic mass is 10.3. The van der Waals surface area contributed by atoms with Gasteiger partial charge in [-0.2, -0.15) is 5.10 Å². The number of aromatic amines is 1. The summed E-state index contributed by atoms with van der Waals surface area (Å²) in [5.74, 6) is 1.90. The van der Waals surface area contributed by atoms with Crippen LogP contribution in [0.25, 0.3) is 11.0 Å². The van der Waals surface area contributed by atoms with Crippen LogP contribution in [0, 0.1) is 0 Å². The van der Waals surface area contributed by atoms with Gasteiger partial charge in [-0.25, -0.2) is 9.97 Å². The van der Waals surface area contributed by atoms with Gasteiger partial charge < -0.3 is 9.64 Å². The highest BCUT2D eigenvalue weighted by atomic mass is 16.5. The van der Waals surface area contributed by atoms with Gasteiger partial charge in [0.2, 0.25) is 0 Å². The molecular weight excluding hydrogens is 304 g/mol. The number of H-pyrrole nitrogens is 1. The first kappa shape index (κ1) is 14.9. The van der Waals surface area contributed by atoms with Crippen LogP contribution in [0.15, 0.2) is 42.9 Å². The van der Waals surface area contributed by atoms with Crippen molar-refractivity contribution in [3.63, 3.8) is 0 Å². The minimum absolute atomic E-state index is 0.712. The number of hydrogen-bond acceptors (Lipinski definition) is 6. The zero-order valence-corrected chi connectivity index (χ0v) is 13.4. The number of ether oxygens (including phenoxy) is 1. The van der Waals surface area contributed by atoms with Gasteiger partial charge in [0.25, 0.3) is 0 Å². The molecule has 1 aromatic carbocycles. The molecule has 0 amide bonds. The van der Waals surface area contributed by atoms with Crippen molar-refractivity contribution in [2.75, 3.05) is 44.2 Å². The van der Waals surface area contributed by atoms with Gasteiger partial charge in [0.15, 0.2) is 5.65 Å². The Labute approximate surface area is 140 Å². The predicted octanol–water partition coefficient (Wildman–Crippen LogP) is 1.55.